The van der Waals surface area contributed by atoms with Gasteiger partial charge in [-0.05, 0) is 34.6 Å². The van der Waals surface area contributed by atoms with Gasteiger partial charge in [0, 0.05) is 12.5 Å². The Bertz CT molecular complexity index is 1040. The summed E-state index contributed by atoms with van der Waals surface area (Å²) in [7, 11) is 0. The van der Waals surface area contributed by atoms with Gasteiger partial charge in [-0.15, -0.1) is 0 Å². The zero-order valence-corrected chi connectivity index (χ0v) is 20.0. The molecule has 0 saturated carbocycles. The molecule has 2 aromatic carbocycles. The van der Waals surface area contributed by atoms with Crippen LogP contribution < -0.4 is 10.6 Å². The molecule has 3 unspecified atom stereocenters. The van der Waals surface area contributed by atoms with E-state index in [1.54, 1.807) is 6.92 Å². The van der Waals surface area contributed by atoms with Crippen molar-refractivity contribution in [1.29, 1.82) is 0 Å². The monoisotopic (exact) mass is 480 g/mol. The van der Waals surface area contributed by atoms with E-state index in [4.69, 9.17) is 9.47 Å². The summed E-state index contributed by atoms with van der Waals surface area (Å²) in [5.74, 6) is -2.02. The minimum Gasteiger partial charge on any atom is -0.480 e. The number of nitrogens with one attached hydrogen (secondary N) is 2. The van der Waals surface area contributed by atoms with Crippen molar-refractivity contribution in [1.82, 2.24) is 10.6 Å². The Hall–Kier alpha value is -3.39. The van der Waals surface area contributed by atoms with Crippen LogP contribution in [0.3, 0.4) is 0 Å². The van der Waals surface area contributed by atoms with Crippen molar-refractivity contribution in [2.45, 2.75) is 44.8 Å². The van der Waals surface area contributed by atoms with Gasteiger partial charge in [-0.25, -0.2) is 9.59 Å². The molecule has 1 fully saturated rings. The van der Waals surface area contributed by atoms with Crippen LogP contribution in [0, 0.1) is 11.8 Å². The fourth-order valence-corrected chi connectivity index (χ4v) is 4.83. The van der Waals surface area contributed by atoms with E-state index in [1.807, 2.05) is 31.2 Å². The molecule has 2 aliphatic rings. The summed E-state index contributed by atoms with van der Waals surface area (Å²) in [6.07, 6.45) is 0.178. The predicted octanol–water partition coefficient (Wildman–Crippen LogP) is 3.55. The number of alkyl carbamates (subject to hydrolysis) is 1. The Kier molecular flexibility index (Phi) is 7.70. The molecular formula is C27H32N2O6. The van der Waals surface area contributed by atoms with Gasteiger partial charge in [0.2, 0.25) is 5.91 Å². The second kappa shape index (κ2) is 10.9. The van der Waals surface area contributed by atoms with Gasteiger partial charge in [0.15, 0.2) is 0 Å². The largest absolute Gasteiger partial charge is 0.480 e. The van der Waals surface area contributed by atoms with E-state index in [0.717, 1.165) is 11.1 Å². The Morgan fingerprint density at radius 1 is 1.09 bits per heavy atom. The molecule has 1 aliphatic carbocycles. The highest BCUT2D eigenvalue weighted by molar-refractivity contribution is 5.85. The van der Waals surface area contributed by atoms with Crippen LogP contribution in [0.15, 0.2) is 48.5 Å². The molecule has 2 aromatic rings. The van der Waals surface area contributed by atoms with Crippen molar-refractivity contribution in [3.63, 3.8) is 0 Å². The van der Waals surface area contributed by atoms with Crippen LogP contribution >= 0.6 is 0 Å². The first-order valence-electron chi connectivity index (χ1n) is 12.1. The second-order valence-electron chi connectivity index (χ2n) is 9.30. The van der Waals surface area contributed by atoms with E-state index in [-0.39, 0.29) is 43.6 Å². The minimum absolute atomic E-state index is 0.0170. The minimum atomic E-state index is -1.04. The van der Waals surface area contributed by atoms with E-state index >= 15 is 0 Å². The van der Waals surface area contributed by atoms with Gasteiger partial charge >= 0.3 is 12.1 Å². The molecule has 186 valence electrons. The fourth-order valence-electron chi connectivity index (χ4n) is 4.83. The number of carboxylic acids is 1. The lowest BCUT2D eigenvalue weighted by Crippen LogP contribution is -2.47. The number of benzene rings is 2. The lowest BCUT2D eigenvalue weighted by molar-refractivity contribution is -0.144. The molecule has 3 N–H and O–H groups in total. The number of hydrogen-bond acceptors (Lipinski definition) is 5. The summed E-state index contributed by atoms with van der Waals surface area (Å²) < 4.78 is 11.2. The Morgan fingerprint density at radius 3 is 2.31 bits per heavy atom. The van der Waals surface area contributed by atoms with E-state index in [0.29, 0.717) is 12.8 Å². The first kappa shape index (κ1) is 24.7. The van der Waals surface area contributed by atoms with Gasteiger partial charge in [-0.2, -0.15) is 0 Å². The zero-order chi connectivity index (χ0) is 24.9. The highest BCUT2D eigenvalue weighted by atomic mass is 16.5. The Balaban J connectivity index is 1.24. The van der Waals surface area contributed by atoms with Crippen LogP contribution in [0.4, 0.5) is 4.79 Å². The predicted molar refractivity (Wildman–Crippen MR) is 130 cm³/mol. The van der Waals surface area contributed by atoms with E-state index in [9.17, 15) is 19.5 Å². The second-order valence-corrected chi connectivity index (χ2v) is 9.30. The number of carbonyl (C=O) groups excluding carboxylic acids is 2. The van der Waals surface area contributed by atoms with Crippen molar-refractivity contribution >= 4 is 18.0 Å². The summed E-state index contributed by atoms with van der Waals surface area (Å²) in [6.45, 7) is 4.31. The number of hydrogen-bond donors (Lipinski definition) is 3. The number of fused-ring (bicyclic) bond motifs is 3. The molecule has 8 nitrogen and oxygen atoms in total. The molecule has 1 saturated heterocycles. The molecule has 4 atom stereocenters. The topological polar surface area (TPSA) is 114 Å². The quantitative estimate of drug-likeness (QED) is 0.506. The molecular weight excluding hydrogens is 448 g/mol. The van der Waals surface area contributed by atoms with Gasteiger partial charge in [0.1, 0.15) is 12.6 Å². The first-order chi connectivity index (χ1) is 16.9. The average molecular weight is 481 g/mol. The summed E-state index contributed by atoms with van der Waals surface area (Å²) >= 11 is 0. The Morgan fingerprint density at radius 2 is 1.71 bits per heavy atom. The molecule has 35 heavy (non-hydrogen) atoms. The van der Waals surface area contributed by atoms with Gasteiger partial charge in [0.25, 0.3) is 0 Å². The maximum Gasteiger partial charge on any atom is 0.407 e. The molecule has 1 aliphatic heterocycles. The van der Waals surface area contributed by atoms with Crippen molar-refractivity contribution in [2.24, 2.45) is 11.8 Å². The van der Waals surface area contributed by atoms with Crippen LogP contribution in [0.25, 0.3) is 11.1 Å². The number of carbonyl (C=O) groups is 3. The van der Waals surface area contributed by atoms with Crippen molar-refractivity contribution in [3.8, 4) is 11.1 Å². The Labute approximate surface area is 205 Å². The van der Waals surface area contributed by atoms with Gasteiger partial charge in [-0.1, -0.05) is 68.8 Å². The zero-order valence-electron chi connectivity index (χ0n) is 20.0. The van der Waals surface area contributed by atoms with Gasteiger partial charge in [-0.3, -0.25) is 4.79 Å². The average Bonchev–Trinajstić information content (AvgIpc) is 3.47. The van der Waals surface area contributed by atoms with Crippen LogP contribution in [0.2, 0.25) is 0 Å². The fraction of sp³-hybridized carbons (Fsp3) is 0.444. The van der Waals surface area contributed by atoms with Gasteiger partial charge < -0.3 is 25.2 Å². The SMILES string of the molecule is CCC(C)[C@H](NC(=O)C1COC(CNC(=O)OCC2c3ccccc3-c3ccccc32)C1)C(=O)O. The molecule has 0 bridgehead atoms. The lowest BCUT2D eigenvalue weighted by Gasteiger charge is -2.21. The summed E-state index contributed by atoms with van der Waals surface area (Å²) in [5, 5.41) is 14.8. The molecule has 8 heteroatoms. The number of amides is 2. The van der Waals surface area contributed by atoms with Gasteiger partial charge in [0.05, 0.1) is 18.6 Å². The molecule has 0 spiro atoms. The summed E-state index contributed by atoms with van der Waals surface area (Å²) in [5.41, 5.74) is 4.62. The van der Waals surface area contributed by atoms with Crippen molar-refractivity contribution < 1.29 is 29.0 Å². The highest BCUT2D eigenvalue weighted by Gasteiger charge is 2.35. The smallest absolute Gasteiger partial charge is 0.407 e. The van der Waals surface area contributed by atoms with Crippen LogP contribution in [-0.4, -0.2) is 55.0 Å². The third-order valence-electron chi connectivity index (χ3n) is 7.05. The van der Waals surface area contributed by atoms with Crippen molar-refractivity contribution in [2.75, 3.05) is 19.8 Å². The third kappa shape index (κ3) is 5.48. The summed E-state index contributed by atoms with van der Waals surface area (Å²) in [4.78, 5) is 36.4. The van der Waals surface area contributed by atoms with Crippen molar-refractivity contribution in [3.05, 3.63) is 59.7 Å². The van der Waals surface area contributed by atoms with E-state index < -0.39 is 24.0 Å². The molecule has 2 amide bonds. The lowest BCUT2D eigenvalue weighted by atomic mass is 9.97. The molecule has 0 aromatic heterocycles. The summed E-state index contributed by atoms with van der Waals surface area (Å²) in [6, 6.07) is 15.4. The normalized spacial score (nSPS) is 20.4. The number of carboxylic acid groups (broad SMARTS) is 1. The number of rotatable bonds is 9. The van der Waals surface area contributed by atoms with Crippen LogP contribution in [-0.2, 0) is 19.1 Å². The third-order valence-corrected chi connectivity index (χ3v) is 7.05. The van der Waals surface area contributed by atoms with E-state index in [2.05, 4.69) is 34.9 Å². The maximum absolute atomic E-state index is 12.5. The van der Waals surface area contributed by atoms with Crippen LogP contribution in [0.5, 0.6) is 0 Å². The highest BCUT2D eigenvalue weighted by Crippen LogP contribution is 2.44. The molecule has 0 radical (unpaired) electrons. The molecule has 1 heterocycles. The van der Waals surface area contributed by atoms with Crippen LogP contribution in [0.1, 0.15) is 43.7 Å². The molecule has 4 rings (SSSR count). The standard InChI is InChI=1S/C27H32N2O6/c1-3-16(2)24(26(31)32)29-25(30)17-12-18(34-14-17)13-28-27(33)35-15-23-21-10-6-4-8-19(21)20-9-5-7-11-22(20)23/h4-11,16-18,23-24H,3,12-15H2,1-2H3,(H,28,33)(H,29,30)(H,31,32)/t16?,17?,18?,24-/m0/s1. The number of aliphatic carboxylic acids is 1. The first-order valence-corrected chi connectivity index (χ1v) is 12.1. The number of ether oxygens (including phenoxy) is 2. The van der Waals surface area contributed by atoms with E-state index in [1.165, 1.54) is 11.1 Å². The maximum atomic E-state index is 12.5.